The van der Waals surface area contributed by atoms with Gasteiger partial charge in [-0.2, -0.15) is 4.39 Å². The molecule has 0 aliphatic heterocycles. The SMILES string of the molecule is Cc1c(OC(=N)/C(F)=C\N)ccc2c1ccn2-c1ccccn1. The van der Waals surface area contributed by atoms with E-state index in [2.05, 4.69) is 4.98 Å². The standard InChI is InChI=1S/C17H15FN4O/c1-11-12-7-9-22(16-4-2-3-8-21-16)14(12)5-6-15(11)23-17(20)13(18)10-19/h2-10,20H,19H2,1H3/b13-10+,20-17?. The van der Waals surface area contributed by atoms with Gasteiger partial charge in [-0.05, 0) is 37.3 Å². The Morgan fingerprint density at radius 2 is 2.13 bits per heavy atom. The van der Waals surface area contributed by atoms with Crippen molar-refractivity contribution < 1.29 is 9.13 Å². The van der Waals surface area contributed by atoms with Crippen LogP contribution in [0.4, 0.5) is 4.39 Å². The molecule has 3 aromatic rings. The third-order valence-corrected chi connectivity index (χ3v) is 3.56. The summed E-state index contributed by atoms with van der Waals surface area (Å²) in [4.78, 5) is 4.33. The second-order valence-corrected chi connectivity index (χ2v) is 4.94. The van der Waals surface area contributed by atoms with E-state index in [1.807, 2.05) is 48.0 Å². The largest absolute Gasteiger partial charge is 0.437 e. The van der Waals surface area contributed by atoms with Crippen LogP contribution in [-0.4, -0.2) is 15.4 Å². The van der Waals surface area contributed by atoms with E-state index in [-0.39, 0.29) is 0 Å². The molecule has 0 unspecified atom stereocenters. The Morgan fingerprint density at radius 3 is 2.83 bits per heavy atom. The highest BCUT2D eigenvalue weighted by Gasteiger charge is 2.13. The van der Waals surface area contributed by atoms with Crippen LogP contribution in [0.5, 0.6) is 5.75 Å². The van der Waals surface area contributed by atoms with Crippen LogP contribution in [0.3, 0.4) is 0 Å². The molecule has 0 amide bonds. The number of fused-ring (bicyclic) bond motifs is 1. The van der Waals surface area contributed by atoms with Crippen molar-refractivity contribution in [2.75, 3.05) is 0 Å². The van der Waals surface area contributed by atoms with E-state index in [0.29, 0.717) is 11.9 Å². The van der Waals surface area contributed by atoms with Crippen LogP contribution >= 0.6 is 0 Å². The Labute approximate surface area is 132 Å². The first-order chi connectivity index (χ1) is 11.1. The van der Waals surface area contributed by atoms with Crippen LogP contribution in [0.15, 0.2) is 60.8 Å². The Morgan fingerprint density at radius 1 is 1.30 bits per heavy atom. The molecule has 2 aromatic heterocycles. The Balaban J connectivity index is 2.03. The third-order valence-electron chi connectivity index (χ3n) is 3.56. The lowest BCUT2D eigenvalue weighted by molar-refractivity contribution is 0.512. The number of pyridine rings is 1. The second-order valence-electron chi connectivity index (χ2n) is 4.94. The number of aryl methyl sites for hydroxylation is 1. The van der Waals surface area contributed by atoms with Crippen molar-refractivity contribution in [3.63, 3.8) is 0 Å². The summed E-state index contributed by atoms with van der Waals surface area (Å²) in [5.41, 5.74) is 6.82. The molecule has 0 aliphatic rings. The molecular weight excluding hydrogens is 295 g/mol. The molecule has 23 heavy (non-hydrogen) atoms. The summed E-state index contributed by atoms with van der Waals surface area (Å²) in [6.07, 6.45) is 4.35. The lowest BCUT2D eigenvalue weighted by atomic mass is 10.1. The molecule has 0 saturated heterocycles. The maximum absolute atomic E-state index is 13.3. The number of nitrogens with zero attached hydrogens (tertiary/aromatic N) is 2. The predicted octanol–water partition coefficient (Wildman–Crippen LogP) is 3.46. The summed E-state index contributed by atoms with van der Waals surface area (Å²) in [6, 6.07) is 11.2. The summed E-state index contributed by atoms with van der Waals surface area (Å²) in [5.74, 6) is -0.298. The predicted molar refractivity (Wildman–Crippen MR) is 87.5 cm³/mol. The molecule has 0 aliphatic carbocycles. The number of ether oxygens (including phenoxy) is 1. The number of nitrogens with two attached hydrogens (primary N) is 1. The molecule has 3 N–H and O–H groups in total. The van der Waals surface area contributed by atoms with E-state index in [9.17, 15) is 4.39 Å². The maximum Gasteiger partial charge on any atom is 0.249 e. The molecule has 3 rings (SSSR count). The van der Waals surface area contributed by atoms with Crippen molar-refractivity contribution in [3.8, 4) is 11.6 Å². The van der Waals surface area contributed by atoms with Gasteiger partial charge in [0.1, 0.15) is 11.6 Å². The molecule has 0 atom stereocenters. The van der Waals surface area contributed by atoms with Crippen LogP contribution in [0.1, 0.15) is 5.56 Å². The molecule has 0 bridgehead atoms. The number of nitrogens with one attached hydrogen (secondary N) is 1. The zero-order valence-electron chi connectivity index (χ0n) is 12.5. The van der Waals surface area contributed by atoms with Crippen molar-refractivity contribution in [1.82, 2.24) is 9.55 Å². The Bertz CT molecular complexity index is 900. The van der Waals surface area contributed by atoms with Gasteiger partial charge in [-0.1, -0.05) is 6.07 Å². The Kier molecular flexibility index (Phi) is 3.80. The topological polar surface area (TPSA) is 76.9 Å². The molecule has 6 heteroatoms. The van der Waals surface area contributed by atoms with Crippen molar-refractivity contribution in [1.29, 1.82) is 5.41 Å². The first kappa shape index (κ1) is 14.8. The maximum atomic E-state index is 13.3. The summed E-state index contributed by atoms with van der Waals surface area (Å²) < 4.78 is 20.5. The van der Waals surface area contributed by atoms with Gasteiger partial charge in [0, 0.05) is 29.5 Å². The van der Waals surface area contributed by atoms with Crippen molar-refractivity contribution in [2.24, 2.45) is 5.73 Å². The van der Waals surface area contributed by atoms with E-state index in [0.717, 1.165) is 22.3 Å². The second kappa shape index (κ2) is 5.92. The van der Waals surface area contributed by atoms with Crippen LogP contribution in [-0.2, 0) is 0 Å². The average molecular weight is 310 g/mol. The lowest BCUT2D eigenvalue weighted by Gasteiger charge is -2.10. The molecule has 1 aromatic carbocycles. The van der Waals surface area contributed by atoms with Crippen LogP contribution in [0.2, 0.25) is 0 Å². The van der Waals surface area contributed by atoms with Gasteiger partial charge in [-0.25, -0.2) is 4.98 Å². The minimum absolute atomic E-state index is 0.415. The summed E-state index contributed by atoms with van der Waals surface area (Å²) in [5, 5.41) is 8.46. The summed E-state index contributed by atoms with van der Waals surface area (Å²) in [7, 11) is 0. The van der Waals surface area contributed by atoms with Crippen molar-refractivity contribution >= 4 is 16.8 Å². The third kappa shape index (κ3) is 2.66. The van der Waals surface area contributed by atoms with Gasteiger partial charge in [0.25, 0.3) is 0 Å². The molecule has 116 valence electrons. The lowest BCUT2D eigenvalue weighted by Crippen LogP contribution is -2.09. The number of halogens is 1. The molecule has 2 heterocycles. The van der Waals surface area contributed by atoms with E-state index in [1.54, 1.807) is 12.3 Å². The van der Waals surface area contributed by atoms with Gasteiger partial charge in [0.05, 0.1) is 5.52 Å². The first-order valence-electron chi connectivity index (χ1n) is 6.98. The van der Waals surface area contributed by atoms with Crippen LogP contribution < -0.4 is 10.5 Å². The molecule has 5 nitrogen and oxygen atoms in total. The van der Waals surface area contributed by atoms with Gasteiger partial charge in [0.2, 0.25) is 5.90 Å². The zero-order valence-corrected chi connectivity index (χ0v) is 12.5. The van der Waals surface area contributed by atoms with E-state index >= 15 is 0 Å². The van der Waals surface area contributed by atoms with Crippen molar-refractivity contribution in [3.05, 3.63) is 66.4 Å². The highest BCUT2D eigenvalue weighted by atomic mass is 19.1. The number of aromatic nitrogens is 2. The zero-order chi connectivity index (χ0) is 16.4. The summed E-state index contributed by atoms with van der Waals surface area (Å²) >= 11 is 0. The molecular formula is C17H15FN4O. The monoisotopic (exact) mass is 310 g/mol. The quantitative estimate of drug-likeness (QED) is 0.574. The Hall–Kier alpha value is -3.15. The van der Waals surface area contributed by atoms with Gasteiger partial charge in [-0.15, -0.1) is 0 Å². The average Bonchev–Trinajstić information content (AvgIpc) is 3.02. The fourth-order valence-corrected chi connectivity index (χ4v) is 2.39. The summed E-state index contributed by atoms with van der Waals surface area (Å²) in [6.45, 7) is 1.86. The van der Waals surface area contributed by atoms with E-state index in [1.165, 1.54) is 0 Å². The van der Waals surface area contributed by atoms with Gasteiger partial charge < -0.3 is 15.0 Å². The highest BCUT2D eigenvalue weighted by molar-refractivity contribution is 5.92. The van der Waals surface area contributed by atoms with Gasteiger partial charge >= 0.3 is 0 Å². The number of benzene rings is 1. The van der Waals surface area contributed by atoms with Crippen LogP contribution in [0.25, 0.3) is 16.7 Å². The fraction of sp³-hybridized carbons (Fsp3) is 0.0588. The molecule has 0 radical (unpaired) electrons. The van der Waals surface area contributed by atoms with Gasteiger partial charge in [-0.3, -0.25) is 5.41 Å². The molecule has 0 saturated carbocycles. The number of rotatable bonds is 3. The number of hydrogen-bond donors (Lipinski definition) is 2. The minimum Gasteiger partial charge on any atom is -0.437 e. The van der Waals surface area contributed by atoms with Crippen molar-refractivity contribution in [2.45, 2.75) is 6.92 Å². The molecule has 0 spiro atoms. The fourth-order valence-electron chi connectivity index (χ4n) is 2.39. The normalized spacial score (nSPS) is 11.7. The smallest absolute Gasteiger partial charge is 0.249 e. The van der Waals surface area contributed by atoms with Gasteiger partial charge in [0.15, 0.2) is 5.83 Å². The highest BCUT2D eigenvalue weighted by Crippen LogP contribution is 2.30. The van der Waals surface area contributed by atoms with E-state index < -0.39 is 11.7 Å². The molecule has 0 fully saturated rings. The minimum atomic E-state index is -0.907. The van der Waals surface area contributed by atoms with Crippen LogP contribution in [0, 0.1) is 12.3 Å². The number of hydrogen-bond acceptors (Lipinski definition) is 4. The van der Waals surface area contributed by atoms with E-state index in [4.69, 9.17) is 15.9 Å². The first-order valence-corrected chi connectivity index (χ1v) is 6.98.